The van der Waals surface area contributed by atoms with Crippen LogP contribution in [-0.4, -0.2) is 5.78 Å². The normalized spacial score (nSPS) is 30.3. The number of hydrogen-bond donors (Lipinski definition) is 0. The maximum atomic E-state index is 11.6. The smallest absolute Gasteiger partial charge is 0.132 e. The van der Waals surface area contributed by atoms with Gasteiger partial charge in [0.15, 0.2) is 0 Å². The molecular formula is C22H38O. The van der Waals surface area contributed by atoms with Gasteiger partial charge in [-0.25, -0.2) is 0 Å². The van der Waals surface area contributed by atoms with Gasteiger partial charge in [-0.3, -0.25) is 4.79 Å². The van der Waals surface area contributed by atoms with E-state index in [0.29, 0.717) is 5.78 Å². The van der Waals surface area contributed by atoms with Gasteiger partial charge in [0, 0.05) is 5.92 Å². The molecule has 2 rings (SSSR count). The number of allylic oxidation sites excluding steroid dienone is 2. The van der Waals surface area contributed by atoms with Gasteiger partial charge in [-0.2, -0.15) is 0 Å². The predicted molar refractivity (Wildman–Crippen MR) is 99.4 cm³/mol. The Balaban J connectivity index is 2.06. The molecule has 5 unspecified atom stereocenters. The second-order valence-electron chi connectivity index (χ2n) is 8.23. The van der Waals surface area contributed by atoms with E-state index in [1.165, 1.54) is 57.8 Å². The molecule has 0 amide bonds. The van der Waals surface area contributed by atoms with Crippen LogP contribution in [0.15, 0.2) is 11.6 Å². The monoisotopic (exact) mass is 318 g/mol. The van der Waals surface area contributed by atoms with Gasteiger partial charge in [0.1, 0.15) is 5.78 Å². The van der Waals surface area contributed by atoms with E-state index in [0.717, 1.165) is 30.1 Å². The molecule has 2 aliphatic rings. The van der Waals surface area contributed by atoms with E-state index in [4.69, 9.17) is 0 Å². The van der Waals surface area contributed by atoms with Crippen molar-refractivity contribution in [1.82, 2.24) is 0 Å². The van der Waals surface area contributed by atoms with Crippen molar-refractivity contribution in [3.8, 4) is 0 Å². The summed E-state index contributed by atoms with van der Waals surface area (Å²) in [5.41, 5.74) is 1.80. The van der Waals surface area contributed by atoms with Crippen LogP contribution in [0.1, 0.15) is 91.9 Å². The number of hydrogen-bond acceptors (Lipinski definition) is 1. The molecule has 1 heteroatoms. The van der Waals surface area contributed by atoms with E-state index < -0.39 is 0 Å². The first-order valence-electron chi connectivity index (χ1n) is 10.3. The molecule has 132 valence electrons. The Labute approximate surface area is 144 Å². The van der Waals surface area contributed by atoms with Crippen LogP contribution in [0.2, 0.25) is 0 Å². The zero-order valence-corrected chi connectivity index (χ0v) is 15.9. The molecule has 0 saturated heterocycles. The Morgan fingerprint density at radius 1 is 1.22 bits per heavy atom. The first-order valence-corrected chi connectivity index (χ1v) is 10.3. The molecule has 1 saturated carbocycles. The molecule has 1 nitrogen and oxygen atoms in total. The Morgan fingerprint density at radius 2 is 2.00 bits per heavy atom. The molecule has 1 fully saturated rings. The molecule has 5 atom stereocenters. The molecule has 0 N–H and O–H groups in total. The quantitative estimate of drug-likeness (QED) is 0.462. The van der Waals surface area contributed by atoms with Crippen LogP contribution in [-0.2, 0) is 4.79 Å². The van der Waals surface area contributed by atoms with E-state index in [1.54, 1.807) is 12.5 Å². The SMILES string of the molecule is CCCC(CCC(C)C(C)=O)C1CCC2=CCCCC2C1CC. The third-order valence-corrected chi connectivity index (χ3v) is 6.84. The Morgan fingerprint density at radius 3 is 2.65 bits per heavy atom. The number of fused-ring (bicyclic) bond motifs is 1. The summed E-state index contributed by atoms with van der Waals surface area (Å²) < 4.78 is 0. The Kier molecular flexibility index (Phi) is 7.37. The molecule has 0 aromatic rings. The van der Waals surface area contributed by atoms with Crippen LogP contribution in [0.25, 0.3) is 0 Å². The second-order valence-corrected chi connectivity index (χ2v) is 8.23. The predicted octanol–water partition coefficient (Wildman–Crippen LogP) is 6.57. The first-order chi connectivity index (χ1) is 11.1. The van der Waals surface area contributed by atoms with Crippen molar-refractivity contribution in [2.24, 2.45) is 29.6 Å². The average molecular weight is 319 g/mol. The Hall–Kier alpha value is -0.590. The highest BCUT2D eigenvalue weighted by molar-refractivity contribution is 5.77. The van der Waals surface area contributed by atoms with Crippen molar-refractivity contribution in [2.45, 2.75) is 91.9 Å². The summed E-state index contributed by atoms with van der Waals surface area (Å²) in [6.07, 6.45) is 15.8. The van der Waals surface area contributed by atoms with Gasteiger partial charge < -0.3 is 0 Å². The van der Waals surface area contributed by atoms with Gasteiger partial charge >= 0.3 is 0 Å². The zero-order valence-electron chi connectivity index (χ0n) is 15.9. The zero-order chi connectivity index (χ0) is 16.8. The molecule has 0 heterocycles. The fourth-order valence-electron chi connectivity index (χ4n) is 5.37. The van der Waals surface area contributed by atoms with Crippen molar-refractivity contribution < 1.29 is 4.79 Å². The summed E-state index contributed by atoms with van der Waals surface area (Å²) in [5, 5.41) is 0. The van der Waals surface area contributed by atoms with Crippen molar-refractivity contribution >= 4 is 5.78 Å². The van der Waals surface area contributed by atoms with E-state index in [1.807, 2.05) is 0 Å². The van der Waals surface area contributed by atoms with Gasteiger partial charge in [0.2, 0.25) is 0 Å². The van der Waals surface area contributed by atoms with Crippen LogP contribution < -0.4 is 0 Å². The molecule has 0 aromatic carbocycles. The van der Waals surface area contributed by atoms with E-state index >= 15 is 0 Å². The fourth-order valence-corrected chi connectivity index (χ4v) is 5.37. The van der Waals surface area contributed by atoms with E-state index in [9.17, 15) is 4.79 Å². The maximum Gasteiger partial charge on any atom is 0.132 e. The highest BCUT2D eigenvalue weighted by Crippen LogP contribution is 2.49. The highest BCUT2D eigenvalue weighted by Gasteiger charge is 2.38. The molecule has 2 aliphatic carbocycles. The molecule has 0 bridgehead atoms. The van der Waals surface area contributed by atoms with E-state index in [-0.39, 0.29) is 5.92 Å². The average Bonchev–Trinajstić information content (AvgIpc) is 2.57. The van der Waals surface area contributed by atoms with Crippen LogP contribution >= 0.6 is 0 Å². The molecule has 0 aromatic heterocycles. The number of ketones is 1. The minimum atomic E-state index is 0.253. The molecule has 0 radical (unpaired) electrons. The topological polar surface area (TPSA) is 17.1 Å². The number of Topliss-reactive ketones (excluding diaryl/α,β-unsaturated/α-hetero) is 1. The minimum Gasteiger partial charge on any atom is -0.300 e. The summed E-state index contributed by atoms with van der Waals surface area (Å²) in [6, 6.07) is 0. The summed E-state index contributed by atoms with van der Waals surface area (Å²) in [7, 11) is 0. The lowest BCUT2D eigenvalue weighted by molar-refractivity contribution is -0.120. The molecule has 0 spiro atoms. The minimum absolute atomic E-state index is 0.253. The van der Waals surface area contributed by atoms with Gasteiger partial charge in [0.25, 0.3) is 0 Å². The van der Waals surface area contributed by atoms with Crippen LogP contribution in [0.3, 0.4) is 0 Å². The molecular weight excluding hydrogens is 280 g/mol. The standard InChI is InChI=1S/C22H38O/c1-5-9-18(13-12-16(3)17(4)23)22-15-14-19-10-7-8-11-21(19)20(22)6-2/h10,16,18,20-22H,5-9,11-15H2,1-4H3. The summed E-state index contributed by atoms with van der Waals surface area (Å²) >= 11 is 0. The number of carbonyl (C=O) groups is 1. The van der Waals surface area contributed by atoms with Gasteiger partial charge in [-0.05, 0) is 75.5 Å². The lowest BCUT2D eigenvalue weighted by atomic mass is 9.60. The van der Waals surface area contributed by atoms with Gasteiger partial charge in [-0.1, -0.05) is 51.7 Å². The molecule has 23 heavy (non-hydrogen) atoms. The Bertz CT molecular complexity index is 408. The first kappa shape index (κ1) is 18.7. The summed E-state index contributed by atoms with van der Waals surface area (Å²) in [6.45, 7) is 8.62. The van der Waals surface area contributed by atoms with Crippen LogP contribution in [0, 0.1) is 29.6 Å². The van der Waals surface area contributed by atoms with E-state index in [2.05, 4.69) is 26.8 Å². The number of rotatable bonds is 8. The van der Waals surface area contributed by atoms with Crippen molar-refractivity contribution in [2.75, 3.05) is 0 Å². The van der Waals surface area contributed by atoms with Crippen molar-refractivity contribution in [3.63, 3.8) is 0 Å². The number of carbonyl (C=O) groups excluding carboxylic acids is 1. The van der Waals surface area contributed by atoms with Crippen LogP contribution in [0.5, 0.6) is 0 Å². The van der Waals surface area contributed by atoms with Gasteiger partial charge in [0.05, 0.1) is 0 Å². The van der Waals surface area contributed by atoms with Crippen molar-refractivity contribution in [1.29, 1.82) is 0 Å². The second kappa shape index (κ2) is 9.04. The maximum absolute atomic E-state index is 11.6. The molecule has 0 aliphatic heterocycles. The van der Waals surface area contributed by atoms with Gasteiger partial charge in [-0.15, -0.1) is 0 Å². The lowest BCUT2D eigenvalue weighted by Crippen LogP contribution is -2.35. The third kappa shape index (κ3) is 4.70. The third-order valence-electron chi connectivity index (χ3n) is 6.84. The largest absolute Gasteiger partial charge is 0.300 e. The summed E-state index contributed by atoms with van der Waals surface area (Å²) in [5.74, 6) is 4.16. The fraction of sp³-hybridized carbons (Fsp3) is 0.864. The highest BCUT2D eigenvalue weighted by atomic mass is 16.1. The van der Waals surface area contributed by atoms with Crippen LogP contribution in [0.4, 0.5) is 0 Å². The lowest BCUT2D eigenvalue weighted by Gasteiger charge is -2.45. The van der Waals surface area contributed by atoms with Crippen molar-refractivity contribution in [3.05, 3.63) is 11.6 Å². The summed E-state index contributed by atoms with van der Waals surface area (Å²) in [4.78, 5) is 11.6.